The molecule has 4 rings (SSSR count). The number of benzene rings is 4. The molecular weight excluding hydrogens is 461 g/mol. The van der Waals surface area contributed by atoms with Crippen molar-refractivity contribution in [3.05, 3.63) is 89.5 Å². The highest BCUT2D eigenvalue weighted by Gasteiger charge is 2.30. The molecule has 0 aliphatic carbocycles. The number of alkyl halides is 3. The summed E-state index contributed by atoms with van der Waals surface area (Å²) in [7, 11) is -1.13. The predicted molar refractivity (Wildman–Crippen MR) is 128 cm³/mol. The van der Waals surface area contributed by atoms with Gasteiger partial charge in [0.15, 0.2) is 0 Å². The van der Waals surface area contributed by atoms with Gasteiger partial charge in [-0.25, -0.2) is 4.79 Å². The van der Waals surface area contributed by atoms with E-state index in [9.17, 15) is 27.3 Å². The normalized spacial score (nSPS) is 12.6. The molecule has 1 N–H and O–H groups in total. The summed E-state index contributed by atoms with van der Waals surface area (Å²) in [4.78, 5) is 12.8. The van der Waals surface area contributed by atoms with Gasteiger partial charge in [-0.05, 0) is 81.4 Å². The van der Waals surface area contributed by atoms with E-state index in [1.807, 2.05) is 37.3 Å². The van der Waals surface area contributed by atoms with Crippen molar-refractivity contribution < 1.29 is 27.3 Å². The zero-order chi connectivity index (χ0) is 24.6. The Hall–Kier alpha value is -3.45. The second-order valence-corrected chi connectivity index (χ2v) is 9.30. The Morgan fingerprint density at radius 1 is 0.853 bits per heavy atom. The van der Waals surface area contributed by atoms with E-state index in [1.165, 1.54) is 12.1 Å². The van der Waals surface area contributed by atoms with E-state index in [2.05, 4.69) is 0 Å². The first-order valence-electron chi connectivity index (χ1n) is 10.5. The van der Waals surface area contributed by atoms with Crippen LogP contribution in [0.2, 0.25) is 0 Å². The molecular formula is C27H21F3O3S. The van der Waals surface area contributed by atoms with Crippen LogP contribution >= 0.6 is 0 Å². The quantitative estimate of drug-likeness (QED) is 0.328. The van der Waals surface area contributed by atoms with Crippen molar-refractivity contribution in [2.24, 2.45) is 0 Å². The molecule has 4 aromatic rings. The Balaban J connectivity index is 1.93. The van der Waals surface area contributed by atoms with Gasteiger partial charge in [0, 0.05) is 22.0 Å². The average Bonchev–Trinajstić information content (AvgIpc) is 2.82. The predicted octanol–water partition coefficient (Wildman–Crippen LogP) is 7.19. The van der Waals surface area contributed by atoms with Crippen LogP contribution in [0.15, 0.2) is 77.7 Å². The van der Waals surface area contributed by atoms with Crippen LogP contribution in [0.5, 0.6) is 0 Å². The molecule has 4 aromatic carbocycles. The van der Waals surface area contributed by atoms with E-state index >= 15 is 0 Å². The Kier molecular flexibility index (Phi) is 6.32. The topological polar surface area (TPSA) is 54.4 Å². The number of carboxylic acids is 1. The van der Waals surface area contributed by atoms with E-state index in [-0.39, 0.29) is 5.56 Å². The number of halogens is 3. The highest BCUT2D eigenvalue weighted by Crippen LogP contribution is 2.37. The molecule has 0 radical (unpaired) electrons. The minimum Gasteiger partial charge on any atom is -0.478 e. The fourth-order valence-electron chi connectivity index (χ4n) is 4.15. The summed E-state index contributed by atoms with van der Waals surface area (Å²) in [6, 6.07) is 19.2. The molecule has 3 nitrogen and oxygen atoms in total. The maximum atomic E-state index is 13.0. The number of rotatable bonds is 5. The third-order valence-electron chi connectivity index (χ3n) is 5.88. The highest BCUT2D eigenvalue weighted by molar-refractivity contribution is 7.84. The van der Waals surface area contributed by atoms with Crippen LogP contribution < -0.4 is 0 Å². The smallest absolute Gasteiger partial charge is 0.416 e. The number of fused-ring (bicyclic) bond motifs is 1. The molecule has 1 atom stereocenters. The largest absolute Gasteiger partial charge is 0.478 e. The van der Waals surface area contributed by atoms with Gasteiger partial charge in [-0.15, -0.1) is 0 Å². The Labute approximate surface area is 197 Å². The summed E-state index contributed by atoms with van der Waals surface area (Å²) in [6.45, 7) is 1.87. The molecule has 0 heterocycles. The van der Waals surface area contributed by atoms with Crippen molar-refractivity contribution >= 4 is 27.5 Å². The summed E-state index contributed by atoms with van der Waals surface area (Å²) in [6.07, 6.45) is -2.35. The summed E-state index contributed by atoms with van der Waals surface area (Å²) in [5.74, 6) is -1.05. The van der Waals surface area contributed by atoms with Gasteiger partial charge in [-0.3, -0.25) is 4.21 Å². The van der Waals surface area contributed by atoms with Crippen LogP contribution in [-0.4, -0.2) is 21.5 Å². The number of aryl methyl sites for hydroxylation is 1. The van der Waals surface area contributed by atoms with Gasteiger partial charge >= 0.3 is 12.1 Å². The van der Waals surface area contributed by atoms with Gasteiger partial charge in [0.1, 0.15) is 0 Å². The van der Waals surface area contributed by atoms with Crippen LogP contribution in [0.25, 0.3) is 33.0 Å². The molecule has 0 amide bonds. The second kappa shape index (κ2) is 9.06. The van der Waals surface area contributed by atoms with Crippen LogP contribution in [-0.2, 0) is 23.4 Å². The van der Waals surface area contributed by atoms with Gasteiger partial charge in [0.2, 0.25) is 0 Å². The lowest BCUT2D eigenvalue weighted by Gasteiger charge is -2.16. The van der Waals surface area contributed by atoms with Gasteiger partial charge in [0.05, 0.1) is 11.1 Å². The number of carboxylic acid groups (broad SMARTS) is 1. The lowest BCUT2D eigenvalue weighted by molar-refractivity contribution is -0.137. The van der Waals surface area contributed by atoms with Gasteiger partial charge < -0.3 is 5.11 Å². The molecule has 0 saturated carbocycles. The first-order chi connectivity index (χ1) is 16.1. The van der Waals surface area contributed by atoms with Crippen LogP contribution in [0.4, 0.5) is 13.2 Å². The van der Waals surface area contributed by atoms with E-state index in [0.717, 1.165) is 34.0 Å². The molecule has 0 aromatic heterocycles. The van der Waals surface area contributed by atoms with Crippen molar-refractivity contribution in [3.8, 4) is 22.3 Å². The molecule has 7 heteroatoms. The summed E-state index contributed by atoms with van der Waals surface area (Å²) in [5, 5.41) is 11.5. The van der Waals surface area contributed by atoms with Gasteiger partial charge in [-0.2, -0.15) is 13.2 Å². The maximum absolute atomic E-state index is 13.0. The first-order valence-corrected chi connectivity index (χ1v) is 12.1. The lowest BCUT2D eigenvalue weighted by atomic mass is 9.88. The fraction of sp³-hybridized carbons (Fsp3) is 0.148. The lowest BCUT2D eigenvalue weighted by Crippen LogP contribution is -2.04. The van der Waals surface area contributed by atoms with Crippen LogP contribution in [0, 0.1) is 0 Å². The molecule has 0 aliphatic heterocycles. The van der Waals surface area contributed by atoms with Gasteiger partial charge in [-0.1, -0.05) is 43.3 Å². The molecule has 0 fully saturated rings. The monoisotopic (exact) mass is 482 g/mol. The molecule has 0 aliphatic rings. The molecule has 34 heavy (non-hydrogen) atoms. The van der Waals surface area contributed by atoms with Crippen molar-refractivity contribution in [3.63, 3.8) is 0 Å². The standard InChI is InChI=1S/C27H21F3O3S/c1-3-21-24-14-18(16-4-9-19(10-5-16)27(28,29)30)8-13-22(24)23(15-25(21)26(31)32)17-6-11-20(12-7-17)34(2)33/h4-15H,3H2,1-2H3,(H,31,32). The van der Waals surface area contributed by atoms with Crippen LogP contribution in [0.1, 0.15) is 28.4 Å². The molecule has 0 bridgehead atoms. The SMILES string of the molecule is CCc1c(C(=O)O)cc(-c2ccc(S(C)=O)cc2)c2ccc(-c3ccc(C(F)(F)F)cc3)cc12. The minimum atomic E-state index is -4.41. The van der Waals surface area contributed by atoms with Crippen molar-refractivity contribution in [1.29, 1.82) is 0 Å². The van der Waals surface area contributed by atoms with Crippen molar-refractivity contribution in [2.45, 2.75) is 24.4 Å². The molecule has 1 unspecified atom stereocenters. The second-order valence-electron chi connectivity index (χ2n) is 7.92. The third-order valence-corrected chi connectivity index (χ3v) is 6.81. The highest BCUT2D eigenvalue weighted by atomic mass is 32.2. The van der Waals surface area contributed by atoms with E-state index in [0.29, 0.717) is 28.0 Å². The Morgan fingerprint density at radius 2 is 1.44 bits per heavy atom. The zero-order valence-corrected chi connectivity index (χ0v) is 19.3. The van der Waals surface area contributed by atoms with E-state index < -0.39 is 28.5 Å². The Morgan fingerprint density at radius 3 is 1.97 bits per heavy atom. The first kappa shape index (κ1) is 23.7. The Bertz CT molecular complexity index is 1410. The summed E-state index contributed by atoms with van der Waals surface area (Å²) in [5.41, 5.74) is 2.92. The molecule has 0 saturated heterocycles. The third kappa shape index (κ3) is 4.48. The van der Waals surface area contributed by atoms with Crippen molar-refractivity contribution in [2.75, 3.05) is 6.26 Å². The minimum absolute atomic E-state index is 0.178. The molecule has 0 spiro atoms. The number of hydrogen-bond acceptors (Lipinski definition) is 2. The van der Waals surface area contributed by atoms with E-state index in [1.54, 1.807) is 24.5 Å². The van der Waals surface area contributed by atoms with E-state index in [4.69, 9.17) is 0 Å². The summed E-state index contributed by atoms with van der Waals surface area (Å²) >= 11 is 0. The number of carbonyl (C=O) groups is 1. The van der Waals surface area contributed by atoms with Crippen molar-refractivity contribution in [1.82, 2.24) is 0 Å². The van der Waals surface area contributed by atoms with Gasteiger partial charge in [0.25, 0.3) is 0 Å². The summed E-state index contributed by atoms with van der Waals surface area (Å²) < 4.78 is 50.6. The molecule has 174 valence electrons. The maximum Gasteiger partial charge on any atom is 0.416 e. The fourth-order valence-corrected chi connectivity index (χ4v) is 4.67. The average molecular weight is 483 g/mol. The zero-order valence-electron chi connectivity index (χ0n) is 18.4. The number of hydrogen-bond donors (Lipinski definition) is 1. The van der Waals surface area contributed by atoms with Crippen LogP contribution in [0.3, 0.4) is 0 Å². The number of aromatic carboxylic acids is 1.